The maximum atomic E-state index is 10.3. The first-order valence-corrected chi connectivity index (χ1v) is 5.84. The number of hydrogen-bond donors (Lipinski definition) is 1. The largest absolute Gasteiger partial charge is 0.480 e. The summed E-state index contributed by atoms with van der Waals surface area (Å²) in [6.07, 6.45) is 2.98. The van der Waals surface area contributed by atoms with Gasteiger partial charge in [-0.25, -0.2) is 4.79 Å². The SMILES string of the molecule is C=C(CC)CN1CCC(OCC(=O)O)CC1. The molecule has 1 heterocycles. The van der Waals surface area contributed by atoms with Gasteiger partial charge in [-0.3, -0.25) is 4.90 Å². The lowest BCUT2D eigenvalue weighted by Gasteiger charge is -2.31. The summed E-state index contributed by atoms with van der Waals surface area (Å²) in [6.45, 7) is 8.85. The van der Waals surface area contributed by atoms with Crippen molar-refractivity contribution < 1.29 is 14.6 Å². The molecule has 4 nitrogen and oxygen atoms in total. The van der Waals surface area contributed by atoms with Gasteiger partial charge in [-0.2, -0.15) is 0 Å². The number of rotatable bonds is 6. The molecule has 92 valence electrons. The van der Waals surface area contributed by atoms with E-state index in [0.29, 0.717) is 0 Å². The van der Waals surface area contributed by atoms with Crippen molar-refractivity contribution in [1.29, 1.82) is 0 Å². The second-order valence-electron chi connectivity index (χ2n) is 4.28. The number of carboxylic acids is 1. The van der Waals surface area contributed by atoms with Crippen LogP contribution in [0.5, 0.6) is 0 Å². The van der Waals surface area contributed by atoms with Crippen LogP contribution in [0.1, 0.15) is 26.2 Å². The molecule has 0 bridgehead atoms. The Morgan fingerprint density at radius 1 is 1.50 bits per heavy atom. The van der Waals surface area contributed by atoms with E-state index in [2.05, 4.69) is 18.4 Å². The van der Waals surface area contributed by atoms with Crippen molar-refractivity contribution in [2.75, 3.05) is 26.2 Å². The molecule has 0 aromatic carbocycles. The molecule has 1 fully saturated rings. The van der Waals surface area contributed by atoms with Gasteiger partial charge in [0.25, 0.3) is 0 Å². The quantitative estimate of drug-likeness (QED) is 0.699. The molecule has 0 amide bonds. The standard InChI is InChI=1S/C12H21NO3/c1-3-10(2)8-13-6-4-11(5-7-13)16-9-12(14)15/h11H,2-9H2,1H3,(H,14,15). The molecular formula is C12H21NO3. The molecule has 1 saturated heterocycles. The summed E-state index contributed by atoms with van der Waals surface area (Å²) in [6, 6.07) is 0. The highest BCUT2D eigenvalue weighted by Gasteiger charge is 2.20. The van der Waals surface area contributed by atoms with E-state index in [9.17, 15) is 4.79 Å². The number of hydrogen-bond acceptors (Lipinski definition) is 3. The molecule has 16 heavy (non-hydrogen) atoms. The molecule has 4 heteroatoms. The van der Waals surface area contributed by atoms with Gasteiger partial charge in [0.1, 0.15) is 6.61 Å². The molecule has 1 aliphatic rings. The van der Waals surface area contributed by atoms with Crippen LogP contribution in [-0.2, 0) is 9.53 Å². The Labute approximate surface area is 96.9 Å². The second-order valence-corrected chi connectivity index (χ2v) is 4.28. The van der Waals surface area contributed by atoms with Gasteiger partial charge in [0, 0.05) is 19.6 Å². The van der Waals surface area contributed by atoms with E-state index in [0.717, 1.165) is 38.9 Å². The van der Waals surface area contributed by atoms with Crippen molar-refractivity contribution >= 4 is 5.97 Å². The fourth-order valence-electron chi connectivity index (χ4n) is 1.85. The zero-order valence-corrected chi connectivity index (χ0v) is 9.95. The molecule has 0 aliphatic carbocycles. The lowest BCUT2D eigenvalue weighted by Crippen LogP contribution is -2.38. The van der Waals surface area contributed by atoms with Crippen LogP contribution >= 0.6 is 0 Å². The van der Waals surface area contributed by atoms with Gasteiger partial charge in [0.2, 0.25) is 0 Å². The molecule has 1 N–H and O–H groups in total. The first kappa shape index (κ1) is 13.2. The van der Waals surface area contributed by atoms with Gasteiger partial charge >= 0.3 is 5.97 Å². The molecule has 0 saturated carbocycles. The van der Waals surface area contributed by atoms with Crippen molar-refractivity contribution in [1.82, 2.24) is 4.90 Å². The summed E-state index contributed by atoms with van der Waals surface area (Å²) < 4.78 is 5.28. The Balaban J connectivity index is 2.18. The first-order valence-electron chi connectivity index (χ1n) is 5.84. The Kier molecular flexibility index (Phi) is 5.49. The summed E-state index contributed by atoms with van der Waals surface area (Å²) >= 11 is 0. The number of carbonyl (C=O) groups is 1. The number of piperidine rings is 1. The van der Waals surface area contributed by atoms with Crippen LogP contribution in [0.2, 0.25) is 0 Å². The van der Waals surface area contributed by atoms with Crippen LogP contribution in [0.15, 0.2) is 12.2 Å². The van der Waals surface area contributed by atoms with Crippen LogP contribution in [0.4, 0.5) is 0 Å². The molecule has 0 atom stereocenters. The van der Waals surface area contributed by atoms with E-state index in [1.54, 1.807) is 0 Å². The minimum atomic E-state index is -0.887. The summed E-state index contributed by atoms with van der Waals surface area (Å²) in [7, 11) is 0. The van der Waals surface area contributed by atoms with Crippen LogP contribution in [0.25, 0.3) is 0 Å². The fourth-order valence-corrected chi connectivity index (χ4v) is 1.85. The van der Waals surface area contributed by atoms with E-state index in [1.807, 2.05) is 0 Å². The van der Waals surface area contributed by atoms with E-state index >= 15 is 0 Å². The van der Waals surface area contributed by atoms with Gasteiger partial charge in [-0.05, 0) is 19.3 Å². The van der Waals surface area contributed by atoms with Crippen molar-refractivity contribution in [2.45, 2.75) is 32.3 Å². The van der Waals surface area contributed by atoms with Crippen LogP contribution in [-0.4, -0.2) is 48.3 Å². The molecule has 0 spiro atoms. The summed E-state index contributed by atoms with van der Waals surface area (Å²) in [4.78, 5) is 12.7. The molecule has 0 unspecified atom stereocenters. The van der Waals surface area contributed by atoms with Crippen molar-refractivity contribution in [2.24, 2.45) is 0 Å². The number of likely N-dealkylation sites (tertiary alicyclic amines) is 1. The highest BCUT2D eigenvalue weighted by Crippen LogP contribution is 2.15. The third kappa shape index (κ3) is 4.77. The predicted molar refractivity (Wildman–Crippen MR) is 62.5 cm³/mol. The number of carboxylic acid groups (broad SMARTS) is 1. The zero-order chi connectivity index (χ0) is 12.0. The monoisotopic (exact) mass is 227 g/mol. The Morgan fingerprint density at radius 3 is 2.62 bits per heavy atom. The van der Waals surface area contributed by atoms with Crippen LogP contribution in [0, 0.1) is 0 Å². The van der Waals surface area contributed by atoms with Crippen LogP contribution in [0.3, 0.4) is 0 Å². The zero-order valence-electron chi connectivity index (χ0n) is 9.95. The second kappa shape index (κ2) is 6.66. The van der Waals surface area contributed by atoms with Gasteiger partial charge in [0.05, 0.1) is 6.10 Å². The molecular weight excluding hydrogens is 206 g/mol. The average molecular weight is 227 g/mol. The van der Waals surface area contributed by atoms with Crippen molar-refractivity contribution in [3.63, 3.8) is 0 Å². The van der Waals surface area contributed by atoms with Gasteiger partial charge in [-0.1, -0.05) is 19.1 Å². The minimum absolute atomic E-state index is 0.113. The van der Waals surface area contributed by atoms with Crippen molar-refractivity contribution in [3.8, 4) is 0 Å². The van der Waals surface area contributed by atoms with Gasteiger partial charge in [0.15, 0.2) is 0 Å². The molecule has 1 rings (SSSR count). The van der Waals surface area contributed by atoms with Gasteiger partial charge < -0.3 is 9.84 Å². The lowest BCUT2D eigenvalue weighted by atomic mass is 10.1. The minimum Gasteiger partial charge on any atom is -0.480 e. The average Bonchev–Trinajstić information content (AvgIpc) is 2.28. The number of nitrogens with zero attached hydrogens (tertiary/aromatic N) is 1. The summed E-state index contributed by atoms with van der Waals surface area (Å²) in [5.41, 5.74) is 1.25. The maximum Gasteiger partial charge on any atom is 0.329 e. The molecule has 0 aromatic heterocycles. The normalized spacial score (nSPS) is 18.6. The summed E-state index contributed by atoms with van der Waals surface area (Å²) in [5.74, 6) is -0.887. The van der Waals surface area contributed by atoms with Crippen molar-refractivity contribution in [3.05, 3.63) is 12.2 Å². The lowest BCUT2D eigenvalue weighted by molar-refractivity contribution is -0.145. The highest BCUT2D eigenvalue weighted by atomic mass is 16.5. The molecule has 1 aliphatic heterocycles. The summed E-state index contributed by atoms with van der Waals surface area (Å²) in [5, 5.41) is 8.50. The highest BCUT2D eigenvalue weighted by molar-refractivity contribution is 5.68. The number of aliphatic carboxylic acids is 1. The van der Waals surface area contributed by atoms with Gasteiger partial charge in [-0.15, -0.1) is 0 Å². The van der Waals surface area contributed by atoms with Crippen LogP contribution < -0.4 is 0 Å². The Bertz CT molecular complexity index is 245. The first-order chi connectivity index (χ1) is 7.61. The third-order valence-electron chi connectivity index (χ3n) is 2.92. The fraction of sp³-hybridized carbons (Fsp3) is 0.750. The molecule has 0 aromatic rings. The smallest absolute Gasteiger partial charge is 0.329 e. The molecule has 0 radical (unpaired) electrons. The van der Waals surface area contributed by atoms with E-state index in [-0.39, 0.29) is 12.7 Å². The maximum absolute atomic E-state index is 10.3. The number of ether oxygens (including phenoxy) is 1. The topological polar surface area (TPSA) is 49.8 Å². The third-order valence-corrected chi connectivity index (χ3v) is 2.92. The predicted octanol–water partition coefficient (Wildman–Crippen LogP) is 1.52. The van der Waals surface area contributed by atoms with E-state index in [1.165, 1.54) is 5.57 Å². The Morgan fingerprint density at radius 2 is 2.12 bits per heavy atom. The Hall–Kier alpha value is -0.870. The van der Waals surface area contributed by atoms with E-state index in [4.69, 9.17) is 9.84 Å². The van der Waals surface area contributed by atoms with E-state index < -0.39 is 5.97 Å².